The van der Waals surface area contributed by atoms with Crippen molar-refractivity contribution < 1.29 is 34.1 Å². The number of hydrogen-bond donors (Lipinski definition) is 2. The molecule has 0 aromatic heterocycles. The van der Waals surface area contributed by atoms with Gasteiger partial charge >= 0.3 is 140 Å². The topological polar surface area (TPSA) is 110 Å². The van der Waals surface area contributed by atoms with Gasteiger partial charge in [-0.25, -0.2) is 14.4 Å². The molecule has 72 valence electrons. The second-order valence-electron chi connectivity index (χ2n) is 0.986. The Kier molecular flexibility index (Phi) is 37.7. The maximum atomic E-state index is 9.86. The fourth-order valence-corrected chi connectivity index (χ4v) is 0.163. The van der Waals surface area contributed by atoms with Gasteiger partial charge in [0, 0.05) is 0 Å². The Morgan fingerprint density at radius 3 is 1.14 bits per heavy atom. The summed E-state index contributed by atoms with van der Waals surface area (Å²) in [5.74, 6) is 0. The molecule has 0 aromatic carbocycles. The van der Waals surface area contributed by atoms with E-state index in [1.165, 1.54) is 0 Å². The molecule has 0 aromatic rings. The van der Waals surface area contributed by atoms with Crippen LogP contribution in [0.25, 0.3) is 0 Å². The van der Waals surface area contributed by atoms with E-state index in [2.05, 4.69) is 9.47 Å². The molecule has 0 saturated heterocycles. The summed E-state index contributed by atoms with van der Waals surface area (Å²) in [5, 5.41) is 15.4. The maximum Gasteiger partial charge on any atom is 0.316 e. The Labute approximate surface area is 171 Å². The van der Waals surface area contributed by atoms with Crippen LogP contribution in [0.1, 0.15) is 0 Å². The predicted octanol–water partition coefficient (Wildman–Crippen LogP) is -3.17. The van der Waals surface area contributed by atoms with E-state index in [1.807, 2.05) is 0 Å². The first-order chi connectivity index (χ1) is 4.52. The van der Waals surface area contributed by atoms with E-state index in [0.717, 1.165) is 0 Å². The number of carboxylic acid groups (broad SMARTS) is 2. The predicted molar refractivity (Wildman–Crippen MR) is 57.8 cm³/mol. The van der Waals surface area contributed by atoms with E-state index in [-0.39, 0.29) is 122 Å². The average Bonchev–Trinajstić information content (AvgIpc) is 1.58. The van der Waals surface area contributed by atoms with Gasteiger partial charge < -0.3 is 19.7 Å². The molecule has 0 unspecified atom stereocenters. The van der Waals surface area contributed by atoms with Crippen LogP contribution in [-0.2, 0) is 9.47 Å². The molecule has 7 nitrogen and oxygen atoms in total. The van der Waals surface area contributed by atoms with Gasteiger partial charge in [0.15, 0.2) is 0 Å². The van der Waals surface area contributed by atoms with Gasteiger partial charge in [-0.15, -0.1) is 0 Å². The average molecular weight is 287 g/mol. The number of carbonyl (C=O) groups is 3. The molecule has 11 heteroatoms. The monoisotopic (exact) mass is 286 g/mol. The van der Waals surface area contributed by atoms with E-state index in [0.29, 0.717) is 0 Å². The van der Waals surface area contributed by atoms with Crippen molar-refractivity contribution in [1.29, 1.82) is 0 Å². The Balaban J connectivity index is -0.0000000675. The van der Waals surface area contributed by atoms with Gasteiger partial charge in [0.25, 0.3) is 0 Å². The smallest absolute Gasteiger partial charge is 0.316 e. The molecule has 0 aliphatic rings. The van der Waals surface area contributed by atoms with Gasteiger partial charge in [0.1, 0.15) is 0 Å². The molecule has 0 atom stereocenters. The Morgan fingerprint density at radius 2 is 1.00 bits per heavy atom. The largest absolute Gasteiger partial charge is 0.316 e. The number of ether oxygens (including phenoxy) is 2. The second-order valence-corrected chi connectivity index (χ2v) is 0.986. The number of hydrogen-bond acceptors (Lipinski definition) is 5. The van der Waals surface area contributed by atoms with Crippen LogP contribution in [0.3, 0.4) is 0 Å². The van der Waals surface area contributed by atoms with Gasteiger partial charge in [-0.05, 0) is 0 Å². The first-order valence-electron chi connectivity index (χ1n) is 1.88. The molecule has 2 N–H and O–H groups in total. The minimum Gasteiger partial charge on any atom is 0.316 e. The van der Waals surface area contributed by atoms with Crippen molar-refractivity contribution in [3.05, 3.63) is 0 Å². The molecule has 0 aliphatic heterocycles. The standard InChI is InChI=1S/C3H2O7.2Ca.2Mg.8H/c4-1(5)9-3(8)10-2(6)7;;;;;;;;;;;;/h(H,4,5)(H,6,7);;;;;;;;;;;;. The van der Waals surface area contributed by atoms with Gasteiger partial charge in [-0.1, -0.05) is 0 Å². The van der Waals surface area contributed by atoms with E-state index in [1.54, 1.807) is 0 Å². The van der Waals surface area contributed by atoms with Crippen LogP contribution in [0.4, 0.5) is 14.4 Å². The van der Waals surface area contributed by atoms with Gasteiger partial charge in [0.2, 0.25) is 0 Å². The van der Waals surface area contributed by atoms with Gasteiger partial charge in [0.05, 0.1) is 0 Å². The van der Waals surface area contributed by atoms with Crippen molar-refractivity contribution in [2.24, 2.45) is 0 Å². The molecular formula is C3H10Ca2Mg2O7. The summed E-state index contributed by atoms with van der Waals surface area (Å²) in [6.45, 7) is 0. The van der Waals surface area contributed by atoms with Crippen LogP contribution < -0.4 is 0 Å². The second kappa shape index (κ2) is 17.7. The first kappa shape index (κ1) is 29.9. The molecule has 0 radical (unpaired) electrons. The SMILES string of the molecule is O=C(O)OC(=O)OC(=O)O.[CaH2].[CaH2].[MgH2].[MgH2]. The molecule has 0 amide bonds. The van der Waals surface area contributed by atoms with E-state index in [4.69, 9.17) is 10.2 Å². The molecule has 0 saturated carbocycles. The zero-order valence-electron chi connectivity index (χ0n) is 4.44. The maximum absolute atomic E-state index is 9.86. The van der Waals surface area contributed by atoms with Crippen molar-refractivity contribution in [1.82, 2.24) is 0 Å². The summed E-state index contributed by atoms with van der Waals surface area (Å²) in [5.41, 5.74) is 0. The van der Waals surface area contributed by atoms with Crippen LogP contribution in [0.2, 0.25) is 0 Å². The van der Waals surface area contributed by atoms with E-state index < -0.39 is 18.5 Å². The van der Waals surface area contributed by atoms with Crippen LogP contribution in [0.15, 0.2) is 0 Å². The fraction of sp³-hybridized carbons (Fsp3) is 0. The normalized spacial score (nSPS) is 5.71. The van der Waals surface area contributed by atoms with Crippen LogP contribution >= 0.6 is 0 Å². The van der Waals surface area contributed by atoms with Gasteiger partial charge in [-0.2, -0.15) is 0 Å². The van der Waals surface area contributed by atoms with Crippen LogP contribution in [0.5, 0.6) is 0 Å². The summed E-state index contributed by atoms with van der Waals surface area (Å²) in [6.07, 6.45) is -5.64. The fourth-order valence-electron chi connectivity index (χ4n) is 0.163. The van der Waals surface area contributed by atoms with E-state index >= 15 is 0 Å². The molecule has 0 spiro atoms. The quantitative estimate of drug-likeness (QED) is 0.275. The number of rotatable bonds is 0. The van der Waals surface area contributed by atoms with Gasteiger partial charge in [-0.3, -0.25) is 0 Å². The first-order valence-corrected chi connectivity index (χ1v) is 1.88. The zero-order chi connectivity index (χ0) is 8.15. The van der Waals surface area contributed by atoms with Crippen molar-refractivity contribution in [3.63, 3.8) is 0 Å². The minimum absolute atomic E-state index is 0. The Morgan fingerprint density at radius 1 is 0.786 bits per heavy atom. The zero-order valence-corrected chi connectivity index (χ0v) is 4.44. The molecular weight excluding hydrogens is 277 g/mol. The molecule has 0 rings (SSSR count). The van der Waals surface area contributed by atoms with Crippen molar-refractivity contribution in [3.8, 4) is 0 Å². The summed E-state index contributed by atoms with van der Waals surface area (Å²) in [6, 6.07) is 0. The molecule has 14 heavy (non-hydrogen) atoms. The number of carbonyl (C=O) groups excluding carboxylic acids is 1. The molecule has 0 aliphatic carbocycles. The summed E-state index contributed by atoms with van der Waals surface area (Å²) >= 11 is 0. The third-order valence-corrected chi connectivity index (χ3v) is 0.341. The summed E-state index contributed by atoms with van der Waals surface area (Å²) < 4.78 is 6.47. The van der Waals surface area contributed by atoms with Crippen molar-refractivity contribution >= 4 is 140 Å². The third-order valence-electron chi connectivity index (χ3n) is 0.341. The Bertz CT molecular complexity index is 168. The molecule has 0 bridgehead atoms. The Hall–Kier alpha value is 2.26. The molecule has 0 heterocycles. The van der Waals surface area contributed by atoms with Crippen molar-refractivity contribution in [2.45, 2.75) is 0 Å². The van der Waals surface area contributed by atoms with Crippen LogP contribution in [-0.4, -0.2) is 150 Å². The van der Waals surface area contributed by atoms with Crippen molar-refractivity contribution in [2.75, 3.05) is 0 Å². The molecule has 0 fully saturated rings. The summed E-state index contributed by atoms with van der Waals surface area (Å²) in [7, 11) is 0. The van der Waals surface area contributed by atoms with Crippen LogP contribution in [0, 0.1) is 0 Å². The third kappa shape index (κ3) is 23.8. The minimum atomic E-state index is -1.92. The summed E-state index contributed by atoms with van der Waals surface area (Å²) in [4.78, 5) is 28.8. The van der Waals surface area contributed by atoms with E-state index in [9.17, 15) is 14.4 Å².